The third-order valence-electron chi connectivity index (χ3n) is 6.08. The van der Waals surface area contributed by atoms with Crippen LogP contribution in [-0.2, 0) is 23.8 Å². The Bertz CT molecular complexity index is 1140. The van der Waals surface area contributed by atoms with Crippen molar-refractivity contribution in [2.75, 3.05) is 5.32 Å². The second kappa shape index (κ2) is 11.3. The van der Waals surface area contributed by atoms with Crippen LogP contribution in [0.3, 0.4) is 0 Å². The molecule has 10 heteroatoms. The second-order valence-electron chi connectivity index (χ2n) is 8.56. The Labute approximate surface area is 203 Å². The van der Waals surface area contributed by atoms with Crippen LogP contribution in [0, 0.1) is 0 Å². The average molecular weight is 489 g/mol. The standard InChI is InChI=1S/C25H31F3N6O/c1-4-8-19(5-2)34-15-18(13-31-34)32-24-30-14-21(25(26,27)28)22(33-24)12-11-17-9-6-7-10-20(17)16(3)23(29)35/h6-7,9-10,13-16,19H,4-5,8,11-12H2,1-3H3,(H2,29,35)(H,30,32,33). The lowest BCUT2D eigenvalue weighted by Crippen LogP contribution is -2.20. The van der Waals surface area contributed by atoms with Crippen LogP contribution in [0.5, 0.6) is 0 Å². The zero-order valence-electron chi connectivity index (χ0n) is 20.1. The highest BCUT2D eigenvalue weighted by molar-refractivity contribution is 5.81. The van der Waals surface area contributed by atoms with Gasteiger partial charge >= 0.3 is 6.18 Å². The SMILES string of the molecule is CCCC(CC)n1cc(Nc2ncc(C(F)(F)F)c(CCc3ccccc3C(C)C(N)=O)n2)cn1. The van der Waals surface area contributed by atoms with E-state index < -0.39 is 23.6 Å². The van der Waals surface area contributed by atoms with E-state index in [0.717, 1.165) is 31.0 Å². The molecule has 1 aromatic carbocycles. The molecule has 2 heterocycles. The van der Waals surface area contributed by atoms with Crippen LogP contribution in [0.4, 0.5) is 24.8 Å². The molecule has 0 radical (unpaired) electrons. The number of amides is 1. The Morgan fingerprint density at radius 2 is 1.91 bits per heavy atom. The van der Waals surface area contributed by atoms with Crippen LogP contribution in [0.1, 0.15) is 74.4 Å². The molecule has 0 aliphatic rings. The van der Waals surface area contributed by atoms with Crippen molar-refractivity contribution in [3.8, 4) is 0 Å². The number of nitrogens with zero attached hydrogens (tertiary/aromatic N) is 4. The van der Waals surface area contributed by atoms with Crippen LogP contribution in [0.2, 0.25) is 0 Å². The van der Waals surface area contributed by atoms with E-state index in [4.69, 9.17) is 5.73 Å². The smallest absolute Gasteiger partial charge is 0.369 e. The molecule has 2 unspecified atom stereocenters. The van der Waals surface area contributed by atoms with Gasteiger partial charge < -0.3 is 11.1 Å². The van der Waals surface area contributed by atoms with Gasteiger partial charge in [0.2, 0.25) is 11.9 Å². The Morgan fingerprint density at radius 1 is 1.17 bits per heavy atom. The van der Waals surface area contributed by atoms with Crippen molar-refractivity contribution < 1.29 is 18.0 Å². The molecule has 1 amide bonds. The molecule has 3 N–H and O–H groups in total. The lowest BCUT2D eigenvalue weighted by Gasteiger charge is -2.16. The number of hydrogen-bond acceptors (Lipinski definition) is 5. The topological polar surface area (TPSA) is 98.7 Å². The minimum atomic E-state index is -4.59. The van der Waals surface area contributed by atoms with Gasteiger partial charge in [0.15, 0.2) is 0 Å². The van der Waals surface area contributed by atoms with Crippen molar-refractivity contribution >= 4 is 17.5 Å². The number of aromatic nitrogens is 4. The van der Waals surface area contributed by atoms with Gasteiger partial charge in [-0.05, 0) is 43.7 Å². The summed E-state index contributed by atoms with van der Waals surface area (Å²) in [5.74, 6) is -0.978. The van der Waals surface area contributed by atoms with Crippen LogP contribution >= 0.6 is 0 Å². The number of nitrogens with two attached hydrogens (primary N) is 1. The average Bonchev–Trinajstić information content (AvgIpc) is 3.28. The summed E-state index contributed by atoms with van der Waals surface area (Å²) in [7, 11) is 0. The van der Waals surface area contributed by atoms with Crippen molar-refractivity contribution in [1.82, 2.24) is 19.7 Å². The number of alkyl halides is 3. The molecule has 0 aliphatic carbocycles. The van der Waals surface area contributed by atoms with E-state index in [9.17, 15) is 18.0 Å². The number of anilines is 2. The summed E-state index contributed by atoms with van der Waals surface area (Å²) in [6.07, 6.45) is 2.84. The molecule has 7 nitrogen and oxygen atoms in total. The Balaban J connectivity index is 1.85. The van der Waals surface area contributed by atoms with Gasteiger partial charge in [-0.2, -0.15) is 18.3 Å². The molecule has 0 saturated heterocycles. The van der Waals surface area contributed by atoms with Gasteiger partial charge in [-0.1, -0.05) is 44.5 Å². The number of carbonyl (C=O) groups is 1. The number of rotatable bonds is 11. The highest BCUT2D eigenvalue weighted by Crippen LogP contribution is 2.32. The zero-order chi connectivity index (χ0) is 25.6. The monoisotopic (exact) mass is 488 g/mol. The van der Waals surface area contributed by atoms with Gasteiger partial charge in [-0.15, -0.1) is 0 Å². The van der Waals surface area contributed by atoms with Crippen molar-refractivity contribution in [1.29, 1.82) is 0 Å². The fourth-order valence-electron chi connectivity index (χ4n) is 4.08. The Hall–Kier alpha value is -3.43. The van der Waals surface area contributed by atoms with Crippen LogP contribution in [0.15, 0.2) is 42.9 Å². The third-order valence-corrected chi connectivity index (χ3v) is 6.08. The summed E-state index contributed by atoms with van der Waals surface area (Å²) < 4.78 is 42.9. The molecule has 2 atom stereocenters. The summed E-state index contributed by atoms with van der Waals surface area (Å²) in [6, 6.07) is 7.36. The quantitative estimate of drug-likeness (QED) is 0.368. The van der Waals surface area contributed by atoms with Gasteiger partial charge in [0.25, 0.3) is 0 Å². The van der Waals surface area contributed by atoms with E-state index in [1.807, 2.05) is 10.9 Å². The Kier molecular flexibility index (Phi) is 8.48. The van der Waals surface area contributed by atoms with E-state index in [1.165, 1.54) is 0 Å². The number of nitrogens with one attached hydrogen (secondary N) is 1. The predicted octanol–water partition coefficient (Wildman–Crippen LogP) is 5.56. The van der Waals surface area contributed by atoms with Crippen LogP contribution < -0.4 is 11.1 Å². The van der Waals surface area contributed by atoms with Gasteiger partial charge in [-0.3, -0.25) is 9.48 Å². The number of primary amides is 1. The highest BCUT2D eigenvalue weighted by atomic mass is 19.4. The fourth-order valence-corrected chi connectivity index (χ4v) is 4.08. The van der Waals surface area contributed by atoms with E-state index in [1.54, 1.807) is 37.4 Å². The molecule has 0 spiro atoms. The maximum atomic E-state index is 13.7. The number of carbonyl (C=O) groups excluding carboxylic acids is 1. The van der Waals surface area contributed by atoms with Crippen LogP contribution in [-0.4, -0.2) is 25.7 Å². The molecule has 3 rings (SSSR count). The largest absolute Gasteiger partial charge is 0.419 e. The van der Waals surface area contributed by atoms with E-state index in [2.05, 4.69) is 34.2 Å². The first-order valence-corrected chi connectivity index (χ1v) is 11.7. The van der Waals surface area contributed by atoms with Gasteiger partial charge in [0.05, 0.1) is 35.1 Å². The first-order valence-electron chi connectivity index (χ1n) is 11.7. The first kappa shape index (κ1) is 26.2. The predicted molar refractivity (Wildman–Crippen MR) is 128 cm³/mol. The number of benzene rings is 1. The molecular formula is C25H31F3N6O. The maximum Gasteiger partial charge on any atom is 0.419 e. The molecule has 2 aromatic heterocycles. The van der Waals surface area contributed by atoms with Gasteiger partial charge in [0, 0.05) is 12.4 Å². The third kappa shape index (κ3) is 6.58. The number of hydrogen-bond donors (Lipinski definition) is 2. The Morgan fingerprint density at radius 3 is 2.57 bits per heavy atom. The fraction of sp³-hybridized carbons (Fsp3) is 0.440. The molecule has 0 aliphatic heterocycles. The zero-order valence-corrected chi connectivity index (χ0v) is 20.1. The summed E-state index contributed by atoms with van der Waals surface area (Å²) in [6.45, 7) is 5.87. The minimum Gasteiger partial charge on any atom is -0.369 e. The molecular weight excluding hydrogens is 457 g/mol. The number of halogens is 3. The van der Waals surface area contributed by atoms with Gasteiger partial charge in [-0.25, -0.2) is 9.97 Å². The summed E-state index contributed by atoms with van der Waals surface area (Å²) >= 11 is 0. The lowest BCUT2D eigenvalue weighted by molar-refractivity contribution is -0.138. The highest BCUT2D eigenvalue weighted by Gasteiger charge is 2.35. The van der Waals surface area contributed by atoms with E-state index >= 15 is 0 Å². The van der Waals surface area contributed by atoms with Crippen molar-refractivity contribution in [3.63, 3.8) is 0 Å². The van der Waals surface area contributed by atoms with E-state index in [0.29, 0.717) is 11.3 Å². The normalized spacial score (nSPS) is 13.4. The lowest BCUT2D eigenvalue weighted by atomic mass is 9.92. The van der Waals surface area contributed by atoms with Crippen LogP contribution in [0.25, 0.3) is 0 Å². The van der Waals surface area contributed by atoms with Crippen molar-refractivity contribution in [2.24, 2.45) is 5.73 Å². The first-order chi connectivity index (χ1) is 16.6. The molecule has 0 saturated carbocycles. The van der Waals surface area contributed by atoms with Crippen molar-refractivity contribution in [3.05, 3.63) is 65.2 Å². The summed E-state index contributed by atoms with van der Waals surface area (Å²) in [5, 5.41) is 7.35. The molecule has 188 valence electrons. The number of aryl methyl sites for hydroxylation is 2. The molecule has 0 fully saturated rings. The van der Waals surface area contributed by atoms with E-state index in [-0.39, 0.29) is 30.5 Å². The maximum absolute atomic E-state index is 13.7. The minimum absolute atomic E-state index is 0.0161. The van der Waals surface area contributed by atoms with Crippen molar-refractivity contribution in [2.45, 2.75) is 71.0 Å². The molecule has 35 heavy (non-hydrogen) atoms. The molecule has 3 aromatic rings. The summed E-state index contributed by atoms with van der Waals surface area (Å²) in [4.78, 5) is 19.8. The molecule has 0 bridgehead atoms. The second-order valence-corrected chi connectivity index (χ2v) is 8.56. The van der Waals surface area contributed by atoms with Gasteiger partial charge in [0.1, 0.15) is 0 Å². The summed E-state index contributed by atoms with van der Waals surface area (Å²) in [5.41, 5.74) is 6.49.